The fourth-order valence-electron chi connectivity index (χ4n) is 2.65. The van der Waals surface area contributed by atoms with Gasteiger partial charge in [-0.15, -0.1) is 0 Å². The number of amides is 1. The highest BCUT2D eigenvalue weighted by atomic mass is 32.2. The fourth-order valence-corrected chi connectivity index (χ4v) is 4.30. The third-order valence-corrected chi connectivity index (χ3v) is 6.15. The first-order valence-corrected chi connectivity index (χ1v) is 9.47. The summed E-state index contributed by atoms with van der Waals surface area (Å²) in [6, 6.07) is 6.41. The van der Waals surface area contributed by atoms with Crippen LogP contribution in [0.3, 0.4) is 0 Å². The number of Topliss-reactive ketones (excluding diaryl/α,β-unsaturated/α-hetero) is 1. The molecule has 0 spiro atoms. The quantitative estimate of drug-likeness (QED) is 0.761. The van der Waals surface area contributed by atoms with Crippen LogP contribution in [-0.4, -0.2) is 68.0 Å². The molecular weight excluding hydrogens is 389 g/mol. The first-order valence-electron chi connectivity index (χ1n) is 8.03. The van der Waals surface area contributed by atoms with Crippen molar-refractivity contribution < 1.29 is 35.9 Å². The number of hydrogen-bond acceptors (Lipinski definition) is 5. The van der Waals surface area contributed by atoms with Crippen LogP contribution in [0.25, 0.3) is 0 Å². The van der Waals surface area contributed by atoms with E-state index in [1.54, 1.807) is 25.1 Å². The van der Waals surface area contributed by atoms with Crippen LogP contribution in [-0.2, 0) is 19.6 Å². The molecule has 27 heavy (non-hydrogen) atoms. The predicted molar refractivity (Wildman–Crippen MR) is 88.5 cm³/mol. The Morgan fingerprint density at radius 1 is 1.11 bits per heavy atom. The van der Waals surface area contributed by atoms with Gasteiger partial charge in [0.2, 0.25) is 10.0 Å². The fraction of sp³-hybridized carbons (Fsp3) is 0.500. The molecule has 1 heterocycles. The number of halogens is 3. The van der Waals surface area contributed by atoms with Gasteiger partial charge in [0, 0.05) is 26.2 Å². The van der Waals surface area contributed by atoms with Crippen molar-refractivity contribution in [1.29, 1.82) is 0 Å². The Labute approximate surface area is 154 Å². The zero-order chi connectivity index (χ0) is 20.4. The van der Waals surface area contributed by atoms with Gasteiger partial charge in [0.25, 0.3) is 6.10 Å². The number of aryl methyl sites for hydroxylation is 1. The van der Waals surface area contributed by atoms with Gasteiger partial charge in [-0.1, -0.05) is 18.2 Å². The Balaban J connectivity index is 2.04. The van der Waals surface area contributed by atoms with E-state index in [1.807, 2.05) is 0 Å². The van der Waals surface area contributed by atoms with E-state index in [-0.39, 0.29) is 31.1 Å². The summed E-state index contributed by atoms with van der Waals surface area (Å²) in [7, 11) is -3.78. The molecule has 1 amide bonds. The van der Waals surface area contributed by atoms with E-state index in [1.165, 1.54) is 6.07 Å². The molecular formula is C16H19F3N2O5S. The van der Waals surface area contributed by atoms with E-state index in [9.17, 15) is 31.2 Å². The number of carbonyl (C=O) groups is 2. The lowest BCUT2D eigenvalue weighted by atomic mass is 10.2. The standard InChI is InChI=1S/C16H19F3N2O5S/c1-11-5-3-4-6-13(11)27(24,25)21-9-7-20(8-10-21)15(23)26-14(12(2)22)16(17,18)19/h3-6,14H,7-10H2,1-2H3. The number of benzene rings is 1. The Morgan fingerprint density at radius 3 is 2.15 bits per heavy atom. The topological polar surface area (TPSA) is 84.0 Å². The molecule has 11 heteroatoms. The maximum absolute atomic E-state index is 12.7. The highest BCUT2D eigenvalue weighted by Crippen LogP contribution is 2.25. The minimum Gasteiger partial charge on any atom is -0.428 e. The largest absolute Gasteiger partial charge is 0.432 e. The summed E-state index contributed by atoms with van der Waals surface area (Å²) in [5.74, 6) is -1.34. The Morgan fingerprint density at radius 2 is 1.67 bits per heavy atom. The van der Waals surface area contributed by atoms with Crippen LogP contribution in [0.1, 0.15) is 12.5 Å². The van der Waals surface area contributed by atoms with E-state index in [4.69, 9.17) is 0 Å². The highest BCUT2D eigenvalue weighted by Gasteiger charge is 2.47. The second kappa shape index (κ2) is 7.85. The Hall–Kier alpha value is -2.14. The van der Waals surface area contributed by atoms with Crippen LogP contribution in [0.15, 0.2) is 29.2 Å². The number of sulfonamides is 1. The summed E-state index contributed by atoms with van der Waals surface area (Å²) in [6.07, 6.45) is -9.14. The summed E-state index contributed by atoms with van der Waals surface area (Å²) in [4.78, 5) is 24.1. The van der Waals surface area contributed by atoms with Crippen molar-refractivity contribution in [2.45, 2.75) is 31.0 Å². The third kappa shape index (κ3) is 4.78. The number of hydrogen-bond donors (Lipinski definition) is 0. The van der Waals surface area contributed by atoms with Gasteiger partial charge in [-0.3, -0.25) is 4.79 Å². The minimum absolute atomic E-state index is 0.0947. The maximum Gasteiger partial charge on any atom is 0.432 e. The second-order valence-corrected chi connectivity index (χ2v) is 7.98. The number of piperazine rings is 1. The molecule has 0 saturated carbocycles. The number of nitrogens with zero attached hydrogens (tertiary/aromatic N) is 2. The van der Waals surface area contributed by atoms with Gasteiger partial charge < -0.3 is 9.64 Å². The van der Waals surface area contributed by atoms with E-state index < -0.39 is 34.2 Å². The SMILES string of the molecule is CC(=O)C(OC(=O)N1CCN(S(=O)(=O)c2ccccc2C)CC1)C(F)(F)F. The molecule has 0 bridgehead atoms. The van der Waals surface area contributed by atoms with Crippen molar-refractivity contribution in [2.75, 3.05) is 26.2 Å². The van der Waals surface area contributed by atoms with Crippen LogP contribution in [0.4, 0.5) is 18.0 Å². The summed E-state index contributed by atoms with van der Waals surface area (Å²) in [5, 5.41) is 0. The molecule has 1 aliphatic rings. The first-order chi connectivity index (χ1) is 12.4. The molecule has 1 fully saturated rings. The molecule has 1 saturated heterocycles. The van der Waals surface area contributed by atoms with Crippen LogP contribution < -0.4 is 0 Å². The van der Waals surface area contributed by atoms with Gasteiger partial charge in [-0.2, -0.15) is 17.5 Å². The number of carbonyl (C=O) groups excluding carboxylic acids is 2. The summed E-state index contributed by atoms with van der Waals surface area (Å²) in [5.41, 5.74) is 0.564. The Kier molecular flexibility index (Phi) is 6.15. The molecule has 0 radical (unpaired) electrons. The molecule has 1 unspecified atom stereocenters. The van der Waals surface area contributed by atoms with E-state index in [2.05, 4.69) is 4.74 Å². The molecule has 1 atom stereocenters. The van der Waals surface area contributed by atoms with Gasteiger partial charge in [-0.05, 0) is 25.5 Å². The molecule has 0 aromatic heterocycles. The number of ketones is 1. The van der Waals surface area contributed by atoms with Gasteiger partial charge in [0.05, 0.1) is 4.90 Å². The van der Waals surface area contributed by atoms with Gasteiger partial charge in [-0.25, -0.2) is 13.2 Å². The van der Waals surface area contributed by atoms with Gasteiger partial charge in [0.1, 0.15) is 0 Å². The lowest BCUT2D eigenvalue weighted by Crippen LogP contribution is -2.52. The zero-order valence-electron chi connectivity index (χ0n) is 14.7. The van der Waals surface area contributed by atoms with Crippen molar-refractivity contribution >= 4 is 21.9 Å². The average molecular weight is 408 g/mol. The molecule has 0 N–H and O–H groups in total. The van der Waals surface area contributed by atoms with Crippen LogP contribution in [0.5, 0.6) is 0 Å². The van der Waals surface area contributed by atoms with Crippen molar-refractivity contribution in [1.82, 2.24) is 9.21 Å². The van der Waals surface area contributed by atoms with E-state index in [0.29, 0.717) is 12.5 Å². The summed E-state index contributed by atoms with van der Waals surface area (Å²) < 4.78 is 69.0. The molecule has 7 nitrogen and oxygen atoms in total. The molecule has 150 valence electrons. The van der Waals surface area contributed by atoms with Crippen LogP contribution in [0, 0.1) is 6.92 Å². The predicted octanol–water partition coefficient (Wildman–Crippen LogP) is 1.96. The molecule has 1 aliphatic heterocycles. The summed E-state index contributed by atoms with van der Waals surface area (Å²) >= 11 is 0. The van der Waals surface area contributed by atoms with Crippen molar-refractivity contribution in [3.8, 4) is 0 Å². The smallest absolute Gasteiger partial charge is 0.428 e. The minimum atomic E-state index is -5.00. The normalized spacial score (nSPS) is 17.4. The average Bonchev–Trinajstić information content (AvgIpc) is 2.58. The highest BCUT2D eigenvalue weighted by molar-refractivity contribution is 7.89. The summed E-state index contributed by atoms with van der Waals surface area (Å²) in [6.45, 7) is 1.85. The van der Waals surface area contributed by atoms with Crippen molar-refractivity contribution in [2.24, 2.45) is 0 Å². The van der Waals surface area contributed by atoms with Crippen molar-refractivity contribution in [3.05, 3.63) is 29.8 Å². The first kappa shape index (κ1) is 21.2. The maximum atomic E-state index is 12.7. The van der Waals surface area contributed by atoms with Gasteiger partial charge >= 0.3 is 12.3 Å². The van der Waals surface area contributed by atoms with E-state index in [0.717, 1.165) is 9.21 Å². The monoisotopic (exact) mass is 408 g/mol. The molecule has 0 aliphatic carbocycles. The molecule has 2 rings (SSSR count). The van der Waals surface area contributed by atoms with Gasteiger partial charge in [0.15, 0.2) is 5.78 Å². The number of alkyl halides is 3. The van der Waals surface area contributed by atoms with Crippen LogP contribution in [0.2, 0.25) is 0 Å². The van der Waals surface area contributed by atoms with E-state index >= 15 is 0 Å². The molecule has 1 aromatic rings. The number of ether oxygens (including phenoxy) is 1. The zero-order valence-corrected chi connectivity index (χ0v) is 15.5. The lowest BCUT2D eigenvalue weighted by molar-refractivity contribution is -0.204. The van der Waals surface area contributed by atoms with Crippen LogP contribution >= 0.6 is 0 Å². The lowest BCUT2D eigenvalue weighted by Gasteiger charge is -2.34. The molecule has 1 aromatic carbocycles. The number of rotatable bonds is 4. The van der Waals surface area contributed by atoms with Crippen molar-refractivity contribution in [3.63, 3.8) is 0 Å². The Bertz CT molecular complexity index is 818. The second-order valence-electron chi connectivity index (χ2n) is 6.07. The third-order valence-electron chi connectivity index (χ3n) is 4.09.